The standard InChI is InChI=1S/C17H21NO4S/c1-22-12-5-7-13(8-6-12)23-10-15(19)18-9-11-3-2-4-14(11)16(18)17(20)21/h5-8,11,14,16H,2-4,9-10H2,1H3,(H,20,21). The maximum absolute atomic E-state index is 12.5. The Morgan fingerprint density at radius 3 is 2.70 bits per heavy atom. The minimum atomic E-state index is -0.859. The summed E-state index contributed by atoms with van der Waals surface area (Å²) in [6.45, 7) is 0.601. The van der Waals surface area contributed by atoms with Crippen molar-refractivity contribution in [1.82, 2.24) is 4.90 Å². The van der Waals surface area contributed by atoms with Crippen LogP contribution in [0.3, 0.4) is 0 Å². The minimum absolute atomic E-state index is 0.0763. The van der Waals surface area contributed by atoms with Crippen molar-refractivity contribution >= 4 is 23.6 Å². The highest BCUT2D eigenvalue weighted by Crippen LogP contribution is 2.42. The first kappa shape index (κ1) is 16.2. The van der Waals surface area contributed by atoms with Crippen LogP contribution in [0.15, 0.2) is 29.2 Å². The van der Waals surface area contributed by atoms with Gasteiger partial charge in [-0.15, -0.1) is 11.8 Å². The number of carbonyl (C=O) groups is 2. The summed E-state index contributed by atoms with van der Waals surface area (Å²) in [6.07, 6.45) is 3.06. The second-order valence-corrected chi connectivity index (χ2v) is 7.20. The average Bonchev–Trinajstić information content (AvgIpc) is 3.13. The van der Waals surface area contributed by atoms with E-state index in [1.54, 1.807) is 12.0 Å². The van der Waals surface area contributed by atoms with Crippen molar-refractivity contribution in [3.05, 3.63) is 24.3 Å². The maximum atomic E-state index is 12.5. The quantitative estimate of drug-likeness (QED) is 0.838. The molecule has 1 saturated carbocycles. The van der Waals surface area contributed by atoms with Crippen LogP contribution in [0.1, 0.15) is 19.3 Å². The van der Waals surface area contributed by atoms with Crippen molar-refractivity contribution in [3.63, 3.8) is 0 Å². The monoisotopic (exact) mass is 335 g/mol. The van der Waals surface area contributed by atoms with Gasteiger partial charge in [0.1, 0.15) is 11.8 Å². The van der Waals surface area contributed by atoms with Crippen LogP contribution in [0.5, 0.6) is 5.75 Å². The van der Waals surface area contributed by atoms with Crippen LogP contribution in [0, 0.1) is 11.8 Å². The summed E-state index contributed by atoms with van der Waals surface area (Å²) >= 11 is 1.44. The highest BCUT2D eigenvalue weighted by atomic mass is 32.2. The molecule has 1 N–H and O–H groups in total. The molecule has 0 bridgehead atoms. The predicted molar refractivity (Wildman–Crippen MR) is 87.7 cm³/mol. The van der Waals surface area contributed by atoms with Crippen molar-refractivity contribution in [2.45, 2.75) is 30.2 Å². The molecule has 2 fully saturated rings. The van der Waals surface area contributed by atoms with Crippen LogP contribution in [0.2, 0.25) is 0 Å². The molecular formula is C17H21NO4S. The van der Waals surface area contributed by atoms with Crippen LogP contribution in [-0.4, -0.2) is 47.3 Å². The molecular weight excluding hydrogens is 314 g/mol. The zero-order chi connectivity index (χ0) is 16.4. The van der Waals surface area contributed by atoms with Gasteiger partial charge in [-0.1, -0.05) is 6.42 Å². The number of carboxylic acid groups (broad SMARTS) is 1. The molecule has 124 valence electrons. The number of thioether (sulfide) groups is 1. The fraction of sp³-hybridized carbons (Fsp3) is 0.529. The fourth-order valence-corrected chi connectivity index (χ4v) is 4.56. The van der Waals surface area contributed by atoms with Crippen LogP contribution in [-0.2, 0) is 9.59 Å². The van der Waals surface area contributed by atoms with Gasteiger partial charge in [0, 0.05) is 11.4 Å². The van der Waals surface area contributed by atoms with E-state index in [2.05, 4.69) is 0 Å². The maximum Gasteiger partial charge on any atom is 0.326 e. The third-order valence-electron chi connectivity index (χ3n) is 4.89. The summed E-state index contributed by atoms with van der Waals surface area (Å²) in [4.78, 5) is 26.7. The SMILES string of the molecule is COc1ccc(SCC(=O)N2CC3CCCC3C2C(=O)O)cc1. The molecule has 1 saturated heterocycles. The van der Waals surface area contributed by atoms with Crippen molar-refractivity contribution < 1.29 is 19.4 Å². The molecule has 6 heteroatoms. The van der Waals surface area contributed by atoms with E-state index >= 15 is 0 Å². The van der Waals surface area contributed by atoms with Crippen molar-refractivity contribution in [1.29, 1.82) is 0 Å². The number of benzene rings is 1. The summed E-state index contributed by atoms with van der Waals surface area (Å²) in [5.74, 6) is 0.623. The van der Waals surface area contributed by atoms with E-state index in [1.165, 1.54) is 11.8 Å². The Morgan fingerprint density at radius 1 is 1.30 bits per heavy atom. The Morgan fingerprint density at radius 2 is 2.04 bits per heavy atom. The summed E-state index contributed by atoms with van der Waals surface area (Å²) in [5.41, 5.74) is 0. The summed E-state index contributed by atoms with van der Waals surface area (Å²) in [7, 11) is 1.61. The Labute approximate surface area is 140 Å². The molecule has 5 nitrogen and oxygen atoms in total. The van der Waals surface area contributed by atoms with E-state index in [0.29, 0.717) is 12.5 Å². The van der Waals surface area contributed by atoms with E-state index in [9.17, 15) is 14.7 Å². The van der Waals surface area contributed by atoms with Gasteiger partial charge in [0.25, 0.3) is 0 Å². The van der Waals surface area contributed by atoms with Crippen LogP contribution < -0.4 is 4.74 Å². The number of amides is 1. The lowest BCUT2D eigenvalue weighted by Gasteiger charge is -2.24. The minimum Gasteiger partial charge on any atom is -0.497 e. The molecule has 3 rings (SSSR count). The summed E-state index contributed by atoms with van der Waals surface area (Å²) in [5, 5.41) is 9.51. The number of rotatable bonds is 5. The van der Waals surface area contributed by atoms with E-state index < -0.39 is 12.0 Å². The molecule has 1 aromatic carbocycles. The number of fused-ring (bicyclic) bond motifs is 1. The predicted octanol–water partition coefficient (Wildman–Crippen LogP) is 2.50. The highest BCUT2D eigenvalue weighted by molar-refractivity contribution is 8.00. The smallest absolute Gasteiger partial charge is 0.326 e. The van der Waals surface area contributed by atoms with Crippen molar-refractivity contribution in [3.8, 4) is 5.75 Å². The Bertz CT molecular complexity index is 589. The van der Waals surface area contributed by atoms with Gasteiger partial charge in [0.2, 0.25) is 5.91 Å². The molecule has 1 amide bonds. The van der Waals surface area contributed by atoms with Crippen molar-refractivity contribution in [2.75, 3.05) is 19.4 Å². The number of methoxy groups -OCH3 is 1. The highest BCUT2D eigenvalue weighted by Gasteiger charge is 2.49. The van der Waals surface area contributed by atoms with Gasteiger partial charge in [0.15, 0.2) is 0 Å². The number of nitrogens with zero attached hydrogens (tertiary/aromatic N) is 1. The first-order valence-corrected chi connectivity index (χ1v) is 8.88. The molecule has 3 atom stereocenters. The van der Waals surface area contributed by atoms with Crippen LogP contribution >= 0.6 is 11.8 Å². The lowest BCUT2D eigenvalue weighted by Crippen LogP contribution is -2.44. The molecule has 0 spiro atoms. The second kappa shape index (κ2) is 6.83. The van der Waals surface area contributed by atoms with Crippen LogP contribution in [0.4, 0.5) is 0 Å². The summed E-state index contributed by atoms with van der Waals surface area (Å²) < 4.78 is 5.11. The van der Waals surface area contributed by atoms with E-state index in [1.807, 2.05) is 24.3 Å². The van der Waals surface area contributed by atoms with E-state index in [0.717, 1.165) is 29.9 Å². The molecule has 23 heavy (non-hydrogen) atoms. The summed E-state index contributed by atoms with van der Waals surface area (Å²) in [6, 6.07) is 6.89. The molecule has 2 aliphatic rings. The topological polar surface area (TPSA) is 66.8 Å². The molecule has 0 aromatic heterocycles. The Hall–Kier alpha value is -1.69. The lowest BCUT2D eigenvalue weighted by atomic mass is 9.94. The van der Waals surface area contributed by atoms with Gasteiger partial charge in [-0.25, -0.2) is 4.79 Å². The normalized spacial score (nSPS) is 26.1. The Balaban J connectivity index is 1.61. The first-order chi connectivity index (χ1) is 11.1. The van der Waals surface area contributed by atoms with Gasteiger partial charge in [-0.3, -0.25) is 4.79 Å². The molecule has 1 aromatic rings. The van der Waals surface area contributed by atoms with E-state index in [4.69, 9.17) is 4.74 Å². The van der Waals surface area contributed by atoms with Gasteiger partial charge in [-0.05, 0) is 48.9 Å². The number of hydrogen-bond acceptors (Lipinski definition) is 4. The number of likely N-dealkylation sites (tertiary alicyclic amines) is 1. The zero-order valence-electron chi connectivity index (χ0n) is 13.1. The Kier molecular flexibility index (Phi) is 4.80. The van der Waals surface area contributed by atoms with Gasteiger partial charge < -0.3 is 14.7 Å². The lowest BCUT2D eigenvalue weighted by molar-refractivity contribution is -0.148. The average molecular weight is 335 g/mol. The third-order valence-corrected chi connectivity index (χ3v) is 5.88. The van der Waals surface area contributed by atoms with Crippen LogP contribution in [0.25, 0.3) is 0 Å². The third kappa shape index (κ3) is 3.32. The molecule has 1 aliphatic heterocycles. The van der Waals surface area contributed by atoms with Gasteiger partial charge in [-0.2, -0.15) is 0 Å². The first-order valence-electron chi connectivity index (χ1n) is 7.89. The number of hydrogen-bond donors (Lipinski definition) is 1. The second-order valence-electron chi connectivity index (χ2n) is 6.15. The number of carbonyl (C=O) groups excluding carboxylic acids is 1. The molecule has 3 unspecified atom stereocenters. The zero-order valence-corrected chi connectivity index (χ0v) is 13.9. The molecule has 0 radical (unpaired) electrons. The van der Waals surface area contributed by atoms with Crippen molar-refractivity contribution in [2.24, 2.45) is 11.8 Å². The molecule has 1 aliphatic carbocycles. The van der Waals surface area contributed by atoms with Gasteiger partial charge >= 0.3 is 5.97 Å². The number of aliphatic carboxylic acids is 1. The largest absolute Gasteiger partial charge is 0.497 e. The fourth-order valence-electron chi connectivity index (χ4n) is 3.78. The number of carboxylic acids is 1. The number of ether oxygens (including phenoxy) is 1. The molecule has 1 heterocycles. The van der Waals surface area contributed by atoms with E-state index in [-0.39, 0.29) is 17.6 Å². The van der Waals surface area contributed by atoms with Gasteiger partial charge in [0.05, 0.1) is 12.9 Å².